The van der Waals surface area contributed by atoms with Gasteiger partial charge in [0.05, 0.1) is 40.8 Å². The van der Waals surface area contributed by atoms with Gasteiger partial charge < -0.3 is 33.8 Å². The summed E-state index contributed by atoms with van der Waals surface area (Å²) in [6.07, 6.45) is 54.5. The third-order valence-corrected chi connectivity index (χ3v) is 14.1. The first kappa shape index (κ1) is 64.5. The summed E-state index contributed by atoms with van der Waals surface area (Å²) in [6.45, 7) is 14.4. The normalized spacial score (nSPS) is 14.3. The van der Waals surface area contributed by atoms with Crippen molar-refractivity contribution < 1.29 is 43.4 Å². The Morgan fingerprint density at radius 2 is 0.587 bits per heavy atom. The number of hydrogen-bond acceptors (Lipinski definition) is 2. The van der Waals surface area contributed by atoms with Crippen LogP contribution in [0.25, 0.3) is 0 Å². The number of hydrogen-bond donors (Lipinski definition) is 0. The molecule has 0 aromatic heterocycles. The topological polar surface area (TPSA) is 40.6 Å². The van der Waals surface area contributed by atoms with Gasteiger partial charge in [0.15, 0.2) is 13.3 Å². The highest BCUT2D eigenvalue weighted by Gasteiger charge is 2.30. The first-order valence-corrected chi connectivity index (χ1v) is 27.9. The second-order valence-electron chi connectivity index (χ2n) is 21.2. The average Bonchev–Trinajstić information content (AvgIpc) is 3.84. The molecule has 0 spiro atoms. The fourth-order valence-corrected chi connectivity index (χ4v) is 9.96. The van der Waals surface area contributed by atoms with Crippen LogP contribution in [0.5, 0.6) is 0 Å². The molecule has 6 nitrogen and oxygen atoms in total. The van der Waals surface area contributed by atoms with Crippen molar-refractivity contribution >= 4 is 11.8 Å². The molecule has 0 radical (unpaired) electrons. The highest BCUT2D eigenvalue weighted by molar-refractivity contribution is 5.78. The lowest BCUT2D eigenvalue weighted by Crippen LogP contribution is -3.00. The summed E-state index contributed by atoms with van der Waals surface area (Å²) in [7, 11) is 6.97. The third-order valence-electron chi connectivity index (χ3n) is 14.1. The predicted molar refractivity (Wildman–Crippen MR) is 268 cm³/mol. The minimum absolute atomic E-state index is 0. The van der Waals surface area contributed by atoms with Crippen LogP contribution in [0.15, 0.2) is 0 Å². The van der Waals surface area contributed by atoms with E-state index in [0.717, 1.165) is 61.1 Å². The molecule has 378 valence electrons. The zero-order valence-electron chi connectivity index (χ0n) is 43.6. The van der Waals surface area contributed by atoms with E-state index in [1.165, 1.54) is 251 Å². The first-order valence-electron chi connectivity index (χ1n) is 27.9. The van der Waals surface area contributed by atoms with Gasteiger partial charge in [0.25, 0.3) is 0 Å². The Morgan fingerprint density at radius 1 is 0.349 bits per heavy atom. The summed E-state index contributed by atoms with van der Waals surface area (Å²) in [5, 5.41) is 0. The summed E-state index contributed by atoms with van der Waals surface area (Å²) in [5.41, 5.74) is 0. The highest BCUT2D eigenvalue weighted by Crippen LogP contribution is 2.20. The van der Waals surface area contributed by atoms with Crippen molar-refractivity contribution in [2.24, 2.45) is 0 Å². The third kappa shape index (κ3) is 39.2. The van der Waals surface area contributed by atoms with E-state index in [-0.39, 0.29) is 24.8 Å². The summed E-state index contributed by atoms with van der Waals surface area (Å²) < 4.78 is 2.04. The number of halogens is 2. The predicted octanol–water partition coefficient (Wildman–Crippen LogP) is 9.77. The summed E-state index contributed by atoms with van der Waals surface area (Å²) in [6, 6.07) is 0. The van der Waals surface area contributed by atoms with Crippen LogP contribution in [-0.2, 0) is 9.59 Å². The molecule has 2 amide bonds. The van der Waals surface area contributed by atoms with Gasteiger partial charge in [-0.2, -0.15) is 0 Å². The van der Waals surface area contributed by atoms with Crippen LogP contribution in [0.1, 0.15) is 278 Å². The molecule has 0 N–H and O–H groups in total. The van der Waals surface area contributed by atoms with Gasteiger partial charge in [-0.3, -0.25) is 19.4 Å². The van der Waals surface area contributed by atoms with Gasteiger partial charge >= 0.3 is 0 Å². The maximum Gasteiger partial charge on any atom is 0.226 e. The smallest absolute Gasteiger partial charge is 0.226 e. The van der Waals surface area contributed by atoms with E-state index in [9.17, 15) is 9.59 Å². The second-order valence-corrected chi connectivity index (χ2v) is 21.2. The van der Waals surface area contributed by atoms with Gasteiger partial charge in [0.1, 0.15) is 0 Å². The molecular formula is C55H112Cl2N4O2. The monoisotopic (exact) mass is 931 g/mol. The van der Waals surface area contributed by atoms with Gasteiger partial charge in [0.2, 0.25) is 11.8 Å². The van der Waals surface area contributed by atoms with Gasteiger partial charge in [-0.25, -0.2) is 0 Å². The van der Waals surface area contributed by atoms with E-state index in [1.54, 1.807) is 0 Å². The van der Waals surface area contributed by atoms with Gasteiger partial charge in [0, 0.05) is 25.9 Å². The minimum atomic E-state index is 0. The Labute approximate surface area is 408 Å². The number of amides is 2. The zero-order valence-corrected chi connectivity index (χ0v) is 45.1. The van der Waals surface area contributed by atoms with E-state index >= 15 is 0 Å². The van der Waals surface area contributed by atoms with Crippen molar-refractivity contribution in [2.75, 3.05) is 67.2 Å². The first-order chi connectivity index (χ1) is 29.7. The molecule has 0 atom stereocenters. The number of rotatable bonds is 43. The average molecular weight is 932 g/mol. The molecule has 0 aliphatic carbocycles. The van der Waals surface area contributed by atoms with Crippen LogP contribution in [-0.4, -0.2) is 97.8 Å². The van der Waals surface area contributed by atoms with Gasteiger partial charge in [-0.05, 0) is 51.4 Å². The van der Waals surface area contributed by atoms with E-state index in [4.69, 9.17) is 0 Å². The number of quaternary nitrogens is 2. The summed E-state index contributed by atoms with van der Waals surface area (Å²) in [5.74, 6) is 0.751. The fraction of sp³-hybridized carbons (Fsp3) is 0.964. The van der Waals surface area contributed by atoms with Crippen molar-refractivity contribution in [3.63, 3.8) is 0 Å². The van der Waals surface area contributed by atoms with Crippen molar-refractivity contribution in [3.8, 4) is 0 Å². The Morgan fingerprint density at radius 3 is 0.841 bits per heavy atom. The van der Waals surface area contributed by atoms with Gasteiger partial charge in [-0.1, -0.05) is 213 Å². The number of carbonyl (C=O) groups is 2. The molecule has 8 heteroatoms. The van der Waals surface area contributed by atoms with E-state index < -0.39 is 0 Å². The number of carbonyl (C=O) groups excluding carboxylic acids is 2. The molecule has 0 bridgehead atoms. The Balaban J connectivity index is 0. The molecule has 0 aromatic carbocycles. The lowest BCUT2D eigenvalue weighted by molar-refractivity contribution is -0.918. The van der Waals surface area contributed by atoms with Crippen LogP contribution in [0.4, 0.5) is 0 Å². The molecule has 2 saturated heterocycles. The molecule has 0 unspecified atom stereocenters. The van der Waals surface area contributed by atoms with E-state index in [1.807, 2.05) is 0 Å². The molecule has 2 rings (SSSR count). The molecule has 2 heterocycles. The molecular weight excluding hydrogens is 820 g/mol. The van der Waals surface area contributed by atoms with Crippen molar-refractivity contribution in [1.82, 2.24) is 9.80 Å². The highest BCUT2D eigenvalue weighted by atomic mass is 35.5. The molecule has 2 fully saturated rings. The quantitative estimate of drug-likeness (QED) is 0.0452. The molecule has 2 aliphatic heterocycles. The van der Waals surface area contributed by atoms with Crippen LogP contribution in [0.3, 0.4) is 0 Å². The number of likely N-dealkylation sites (tertiary alicyclic amines) is 2. The minimum Gasteiger partial charge on any atom is -1.00 e. The Kier molecular flexibility index (Phi) is 46.3. The fourth-order valence-electron chi connectivity index (χ4n) is 9.96. The SMILES string of the molecule is CCCCCCCCCCCCCCCCCCCCCC[N+](C)(C)CN1CCCC1=O.CCCCCCCCCC[N+](C)(CCCCCCCCCC)CN1CCCC1=O.[Cl-].[Cl-]. The van der Waals surface area contributed by atoms with E-state index in [2.05, 4.69) is 51.7 Å². The van der Waals surface area contributed by atoms with Crippen molar-refractivity contribution in [3.05, 3.63) is 0 Å². The van der Waals surface area contributed by atoms with Crippen molar-refractivity contribution in [2.45, 2.75) is 278 Å². The second kappa shape index (κ2) is 45.2. The van der Waals surface area contributed by atoms with Crippen LogP contribution in [0.2, 0.25) is 0 Å². The summed E-state index contributed by atoms with van der Waals surface area (Å²) in [4.78, 5) is 28.2. The largest absolute Gasteiger partial charge is 1.00 e. The molecule has 63 heavy (non-hydrogen) atoms. The van der Waals surface area contributed by atoms with Crippen LogP contribution < -0.4 is 24.8 Å². The zero-order chi connectivity index (χ0) is 44.5. The maximum absolute atomic E-state index is 12.2. The number of unbranched alkanes of at least 4 members (excludes halogenated alkanes) is 33. The van der Waals surface area contributed by atoms with Crippen LogP contribution in [0, 0.1) is 0 Å². The Hall–Kier alpha value is -0.560. The Bertz CT molecular complexity index is 978. The maximum atomic E-state index is 12.2. The van der Waals surface area contributed by atoms with Gasteiger partial charge in [-0.15, -0.1) is 0 Å². The lowest BCUT2D eigenvalue weighted by atomic mass is 10.0. The van der Waals surface area contributed by atoms with Crippen molar-refractivity contribution in [1.29, 1.82) is 0 Å². The molecule has 0 saturated carbocycles. The van der Waals surface area contributed by atoms with E-state index in [0.29, 0.717) is 11.8 Å². The van der Waals surface area contributed by atoms with Crippen LogP contribution >= 0.6 is 0 Å². The standard InChI is InChI=1S/C29H59N2O.C26H53N2O.2ClH/c1-4-5-6-7-8-9-10-11-12-13-14-15-16-17-18-19-20-21-22-23-27-31(2,3)28-30-26-24-25-29(30)32;1-4-6-8-10-12-14-16-18-23-28(3,25-27-22-20-21-26(27)29)24-19-17-15-13-11-9-7-5-2;;/h4-28H2,1-3H3;4-25H2,1-3H3;2*1H/q2*+1;;/p-2. The molecule has 0 aromatic rings. The number of nitrogens with zero attached hydrogens (tertiary/aromatic N) is 4. The summed E-state index contributed by atoms with van der Waals surface area (Å²) >= 11 is 0. The molecule has 2 aliphatic rings. The lowest BCUT2D eigenvalue weighted by Gasteiger charge is -2.38.